The van der Waals surface area contributed by atoms with E-state index in [2.05, 4.69) is 11.2 Å². The van der Waals surface area contributed by atoms with E-state index >= 15 is 0 Å². The molecular weight excluding hydrogens is 386 g/mol. The first kappa shape index (κ1) is 19.2. The molecule has 2 heterocycles. The maximum atomic E-state index is 13.0. The molecule has 0 aliphatic heterocycles. The van der Waals surface area contributed by atoms with Gasteiger partial charge in [0.05, 0.1) is 11.1 Å². The summed E-state index contributed by atoms with van der Waals surface area (Å²) in [6.07, 6.45) is 8.60. The van der Waals surface area contributed by atoms with Crippen molar-refractivity contribution in [1.82, 2.24) is 5.32 Å². The lowest BCUT2D eigenvalue weighted by Gasteiger charge is -2.09. The molecule has 3 aromatic rings. The predicted octanol–water partition coefficient (Wildman–Crippen LogP) is 4.00. The number of thiophene rings is 1. The summed E-state index contributed by atoms with van der Waals surface area (Å²) in [4.78, 5) is 39.0. The largest absolute Gasteiger partial charge is 0.464 e. The Hall–Kier alpha value is -3.17. The van der Waals surface area contributed by atoms with Crippen LogP contribution in [0.5, 0.6) is 0 Å². The van der Waals surface area contributed by atoms with Crippen molar-refractivity contribution in [3.05, 3.63) is 57.0 Å². The quantitative estimate of drug-likeness (QED) is 0.382. The third-order valence-corrected chi connectivity index (χ3v) is 6.48. The van der Waals surface area contributed by atoms with Gasteiger partial charge < -0.3 is 9.73 Å². The van der Waals surface area contributed by atoms with Crippen LogP contribution in [0.1, 0.15) is 48.9 Å². The zero-order valence-electron chi connectivity index (χ0n) is 16.1. The van der Waals surface area contributed by atoms with Gasteiger partial charge in [0.1, 0.15) is 11.1 Å². The molecule has 5 nitrogen and oxygen atoms in total. The molecule has 0 radical (unpaired) electrons. The van der Waals surface area contributed by atoms with Gasteiger partial charge >= 0.3 is 0 Å². The van der Waals surface area contributed by atoms with Gasteiger partial charge in [0.25, 0.3) is 11.7 Å². The van der Waals surface area contributed by atoms with Gasteiger partial charge in [-0.25, -0.2) is 0 Å². The summed E-state index contributed by atoms with van der Waals surface area (Å²) in [5, 5.41) is 3.58. The van der Waals surface area contributed by atoms with Crippen LogP contribution in [-0.2, 0) is 11.2 Å². The van der Waals surface area contributed by atoms with E-state index in [9.17, 15) is 14.4 Å². The predicted molar refractivity (Wildman–Crippen MR) is 111 cm³/mol. The van der Waals surface area contributed by atoms with Crippen LogP contribution >= 0.6 is 11.3 Å². The molecular formula is C23H19NO4S. The zero-order chi connectivity index (χ0) is 20.8. The SMILES string of the molecule is C#CC1(NC(=O)C(=O)c2sc(C)c(C(=O)Cc3ccc4occc4c3)c2C)CC1. The van der Waals surface area contributed by atoms with Crippen LogP contribution in [0.2, 0.25) is 0 Å². The van der Waals surface area contributed by atoms with E-state index < -0.39 is 17.2 Å². The summed E-state index contributed by atoms with van der Waals surface area (Å²) in [5.41, 5.74) is 2.01. The topological polar surface area (TPSA) is 76.4 Å². The zero-order valence-corrected chi connectivity index (χ0v) is 16.9. The van der Waals surface area contributed by atoms with Gasteiger partial charge in [0.2, 0.25) is 0 Å². The number of carbonyl (C=O) groups excluding carboxylic acids is 3. The number of benzene rings is 1. The van der Waals surface area contributed by atoms with Crippen LogP contribution in [-0.4, -0.2) is 23.0 Å². The first-order chi connectivity index (χ1) is 13.8. The second-order valence-electron chi connectivity index (χ2n) is 7.39. The van der Waals surface area contributed by atoms with Gasteiger partial charge in [-0.05, 0) is 56.0 Å². The molecule has 0 atom stereocenters. The second kappa shape index (κ2) is 7.02. The van der Waals surface area contributed by atoms with Crippen molar-refractivity contribution < 1.29 is 18.8 Å². The Labute approximate surface area is 172 Å². The third-order valence-electron chi connectivity index (χ3n) is 5.27. The molecule has 1 aliphatic rings. The van der Waals surface area contributed by atoms with Crippen molar-refractivity contribution >= 4 is 39.8 Å². The summed E-state index contributed by atoms with van der Waals surface area (Å²) in [6.45, 7) is 3.51. The van der Waals surface area contributed by atoms with E-state index in [1.165, 1.54) is 11.3 Å². The lowest BCUT2D eigenvalue weighted by atomic mass is 9.98. The number of nitrogens with one attached hydrogen (secondary N) is 1. The molecule has 1 saturated carbocycles. The Kier molecular flexibility index (Phi) is 4.64. The summed E-state index contributed by atoms with van der Waals surface area (Å²) >= 11 is 1.18. The Balaban J connectivity index is 1.56. The number of aryl methyl sites for hydroxylation is 1. The molecule has 146 valence electrons. The maximum Gasteiger partial charge on any atom is 0.294 e. The number of furan rings is 1. The molecule has 1 aliphatic carbocycles. The lowest BCUT2D eigenvalue weighted by Crippen LogP contribution is -2.40. The average Bonchev–Trinajstić information content (AvgIpc) is 3.18. The highest BCUT2D eigenvalue weighted by atomic mass is 32.1. The van der Waals surface area contributed by atoms with E-state index in [1.54, 1.807) is 20.1 Å². The fourth-order valence-electron chi connectivity index (χ4n) is 3.49. The molecule has 2 aromatic heterocycles. The number of carbonyl (C=O) groups is 3. The number of fused-ring (bicyclic) bond motifs is 1. The number of rotatable bonds is 6. The van der Waals surface area contributed by atoms with Crippen LogP contribution in [0, 0.1) is 26.2 Å². The summed E-state index contributed by atoms with van der Waals surface area (Å²) < 4.78 is 5.33. The van der Waals surface area contributed by atoms with Crippen LogP contribution in [0.3, 0.4) is 0 Å². The fourth-order valence-corrected chi connectivity index (χ4v) is 4.60. The molecule has 0 saturated heterocycles. The third kappa shape index (κ3) is 3.50. The van der Waals surface area contributed by atoms with Crippen molar-refractivity contribution in [1.29, 1.82) is 0 Å². The first-order valence-corrected chi connectivity index (χ1v) is 10.1. The van der Waals surface area contributed by atoms with Crippen molar-refractivity contribution in [2.24, 2.45) is 0 Å². The van der Waals surface area contributed by atoms with Crippen molar-refractivity contribution in [2.75, 3.05) is 0 Å². The smallest absolute Gasteiger partial charge is 0.294 e. The molecule has 1 fully saturated rings. The normalized spacial score (nSPS) is 14.4. The highest BCUT2D eigenvalue weighted by Gasteiger charge is 2.43. The molecule has 1 aromatic carbocycles. The molecule has 0 unspecified atom stereocenters. The van der Waals surface area contributed by atoms with E-state index in [4.69, 9.17) is 10.8 Å². The molecule has 4 rings (SSSR count). The summed E-state index contributed by atoms with van der Waals surface area (Å²) in [6, 6.07) is 7.46. The summed E-state index contributed by atoms with van der Waals surface area (Å²) in [5.74, 6) is 1.10. The first-order valence-electron chi connectivity index (χ1n) is 9.27. The highest BCUT2D eigenvalue weighted by molar-refractivity contribution is 7.15. The fraction of sp³-hybridized carbons (Fsp3) is 0.261. The highest BCUT2D eigenvalue weighted by Crippen LogP contribution is 2.35. The Morgan fingerprint density at radius 2 is 2.00 bits per heavy atom. The van der Waals surface area contributed by atoms with Crippen molar-refractivity contribution in [3.63, 3.8) is 0 Å². The van der Waals surface area contributed by atoms with E-state index in [0.29, 0.717) is 28.8 Å². The minimum atomic E-state index is -0.714. The lowest BCUT2D eigenvalue weighted by molar-refractivity contribution is -0.117. The van der Waals surface area contributed by atoms with Crippen molar-refractivity contribution in [2.45, 2.75) is 38.6 Å². The average molecular weight is 405 g/mol. The molecule has 6 heteroatoms. The molecule has 1 N–H and O–H groups in total. The Bertz CT molecular complexity index is 1200. The number of ketones is 2. The number of Topliss-reactive ketones (excluding diaryl/α,β-unsaturated/α-hetero) is 2. The van der Waals surface area contributed by atoms with E-state index in [1.807, 2.05) is 24.3 Å². The minimum Gasteiger partial charge on any atom is -0.464 e. The van der Waals surface area contributed by atoms with Gasteiger partial charge in [-0.1, -0.05) is 12.0 Å². The Morgan fingerprint density at radius 3 is 2.69 bits per heavy atom. The van der Waals surface area contributed by atoms with E-state index in [-0.39, 0.29) is 12.2 Å². The van der Waals surface area contributed by atoms with Gasteiger partial charge in [-0.3, -0.25) is 14.4 Å². The molecule has 0 bridgehead atoms. The van der Waals surface area contributed by atoms with Gasteiger partial charge in [-0.15, -0.1) is 17.8 Å². The maximum absolute atomic E-state index is 13.0. The van der Waals surface area contributed by atoms with Gasteiger partial charge in [0.15, 0.2) is 5.78 Å². The van der Waals surface area contributed by atoms with E-state index in [0.717, 1.165) is 21.4 Å². The van der Waals surface area contributed by atoms with Gasteiger partial charge in [0, 0.05) is 22.2 Å². The van der Waals surface area contributed by atoms with Crippen LogP contribution < -0.4 is 5.32 Å². The second-order valence-corrected chi connectivity index (χ2v) is 8.61. The number of hydrogen-bond acceptors (Lipinski definition) is 5. The van der Waals surface area contributed by atoms with Crippen LogP contribution in [0.4, 0.5) is 0 Å². The summed E-state index contributed by atoms with van der Waals surface area (Å²) in [7, 11) is 0. The van der Waals surface area contributed by atoms with Gasteiger partial charge in [-0.2, -0.15) is 0 Å². The number of hydrogen-bond donors (Lipinski definition) is 1. The van der Waals surface area contributed by atoms with Crippen LogP contribution in [0.15, 0.2) is 34.9 Å². The standard InChI is InChI=1S/C23H19NO4S/c1-4-23(8-9-23)24-22(27)20(26)21-13(2)19(14(3)29-21)17(25)12-15-5-6-18-16(11-15)7-10-28-18/h1,5-7,10-11H,8-9,12H2,2-3H3,(H,24,27). The molecule has 1 amide bonds. The Morgan fingerprint density at radius 1 is 1.24 bits per heavy atom. The monoisotopic (exact) mass is 405 g/mol. The number of amides is 1. The number of terminal acetylenes is 1. The molecule has 0 spiro atoms. The molecule has 29 heavy (non-hydrogen) atoms. The minimum absolute atomic E-state index is 0.0826. The van der Waals surface area contributed by atoms with Crippen molar-refractivity contribution in [3.8, 4) is 12.3 Å². The van der Waals surface area contributed by atoms with Crippen LogP contribution in [0.25, 0.3) is 11.0 Å².